The zero-order valence-corrected chi connectivity index (χ0v) is 17.1. The molecule has 0 aliphatic rings. The number of anilines is 1. The SMILES string of the molecule is CC(C)(C)c1ccc(C(=O)Nc2cccc(N=Cc3ccc([N+](=O)[O-])cc3)c2)cc1. The zero-order chi connectivity index (χ0) is 21.7. The number of amides is 1. The van der Waals surface area contributed by atoms with Crippen LogP contribution in [0, 0.1) is 10.1 Å². The van der Waals surface area contributed by atoms with E-state index in [-0.39, 0.29) is 17.0 Å². The first kappa shape index (κ1) is 20.9. The number of non-ortho nitro benzene ring substituents is 1. The highest BCUT2D eigenvalue weighted by atomic mass is 16.6. The molecule has 3 aromatic rings. The van der Waals surface area contributed by atoms with Gasteiger partial charge in [0.2, 0.25) is 0 Å². The van der Waals surface area contributed by atoms with Crippen LogP contribution < -0.4 is 5.32 Å². The van der Waals surface area contributed by atoms with Crippen molar-refractivity contribution in [1.29, 1.82) is 0 Å². The molecule has 0 saturated carbocycles. The topological polar surface area (TPSA) is 84.6 Å². The van der Waals surface area contributed by atoms with Crippen LogP contribution in [0.2, 0.25) is 0 Å². The first-order valence-electron chi connectivity index (χ1n) is 9.53. The van der Waals surface area contributed by atoms with Crippen LogP contribution in [0.3, 0.4) is 0 Å². The smallest absolute Gasteiger partial charge is 0.269 e. The molecule has 0 spiro atoms. The number of nitro groups is 1. The summed E-state index contributed by atoms with van der Waals surface area (Å²) in [5.74, 6) is -0.188. The molecule has 0 aromatic heterocycles. The lowest BCUT2D eigenvalue weighted by Gasteiger charge is -2.19. The Bertz CT molecular complexity index is 1080. The van der Waals surface area contributed by atoms with Crippen LogP contribution in [0.25, 0.3) is 0 Å². The Morgan fingerprint density at radius 1 is 1.00 bits per heavy atom. The van der Waals surface area contributed by atoms with Gasteiger partial charge in [-0.1, -0.05) is 39.0 Å². The van der Waals surface area contributed by atoms with Crippen molar-refractivity contribution in [2.45, 2.75) is 26.2 Å². The maximum atomic E-state index is 12.5. The second-order valence-corrected chi connectivity index (χ2v) is 7.94. The number of nitro benzene ring substituents is 1. The van der Waals surface area contributed by atoms with Gasteiger partial charge in [-0.05, 0) is 59.0 Å². The van der Waals surface area contributed by atoms with Gasteiger partial charge in [-0.25, -0.2) is 0 Å². The van der Waals surface area contributed by atoms with E-state index in [1.54, 1.807) is 36.5 Å². The summed E-state index contributed by atoms with van der Waals surface area (Å²) in [6, 6.07) is 20.9. The van der Waals surface area contributed by atoms with Crippen molar-refractivity contribution in [2.75, 3.05) is 5.32 Å². The fraction of sp³-hybridized carbons (Fsp3) is 0.167. The number of aliphatic imine (C=N–C) groups is 1. The second kappa shape index (κ2) is 8.69. The Labute approximate surface area is 175 Å². The van der Waals surface area contributed by atoms with Crippen LogP contribution in [0.5, 0.6) is 0 Å². The molecule has 6 heteroatoms. The number of hydrogen-bond acceptors (Lipinski definition) is 4. The predicted octanol–water partition coefficient (Wildman–Crippen LogP) is 5.90. The molecular formula is C24H23N3O3. The molecule has 0 saturated heterocycles. The van der Waals surface area contributed by atoms with Crippen LogP contribution >= 0.6 is 0 Å². The lowest BCUT2D eigenvalue weighted by molar-refractivity contribution is -0.384. The highest BCUT2D eigenvalue weighted by Crippen LogP contribution is 2.23. The summed E-state index contributed by atoms with van der Waals surface area (Å²) >= 11 is 0. The van der Waals surface area contributed by atoms with Crippen molar-refractivity contribution in [2.24, 2.45) is 4.99 Å². The summed E-state index contributed by atoms with van der Waals surface area (Å²) in [5, 5.41) is 13.6. The third kappa shape index (κ3) is 5.38. The quantitative estimate of drug-likeness (QED) is 0.328. The maximum Gasteiger partial charge on any atom is 0.269 e. The molecule has 1 N–H and O–H groups in total. The van der Waals surface area contributed by atoms with E-state index in [9.17, 15) is 14.9 Å². The molecule has 0 unspecified atom stereocenters. The monoisotopic (exact) mass is 401 g/mol. The predicted molar refractivity (Wildman–Crippen MR) is 120 cm³/mol. The van der Waals surface area contributed by atoms with Crippen molar-refractivity contribution in [3.8, 4) is 0 Å². The summed E-state index contributed by atoms with van der Waals surface area (Å²) < 4.78 is 0. The molecule has 0 bridgehead atoms. The molecule has 30 heavy (non-hydrogen) atoms. The normalized spacial score (nSPS) is 11.4. The highest BCUT2D eigenvalue weighted by Gasteiger charge is 2.14. The van der Waals surface area contributed by atoms with Gasteiger partial charge in [0.05, 0.1) is 10.6 Å². The summed E-state index contributed by atoms with van der Waals surface area (Å²) in [7, 11) is 0. The van der Waals surface area contributed by atoms with Crippen LogP contribution in [0.1, 0.15) is 42.3 Å². The third-order valence-corrected chi connectivity index (χ3v) is 4.58. The molecule has 0 aliphatic heterocycles. The van der Waals surface area contributed by atoms with E-state index in [1.807, 2.05) is 30.3 Å². The van der Waals surface area contributed by atoms with E-state index in [0.717, 1.165) is 5.56 Å². The summed E-state index contributed by atoms with van der Waals surface area (Å²) in [4.78, 5) is 27.2. The number of nitrogens with zero attached hydrogens (tertiary/aromatic N) is 2. The number of hydrogen-bond donors (Lipinski definition) is 1. The summed E-state index contributed by atoms with van der Waals surface area (Å²) in [6.45, 7) is 6.39. The van der Waals surface area contributed by atoms with Crippen LogP contribution in [0.4, 0.5) is 17.1 Å². The van der Waals surface area contributed by atoms with Crippen molar-refractivity contribution in [1.82, 2.24) is 0 Å². The Balaban J connectivity index is 1.69. The largest absolute Gasteiger partial charge is 0.322 e. The molecule has 0 heterocycles. The van der Waals surface area contributed by atoms with E-state index >= 15 is 0 Å². The molecule has 3 aromatic carbocycles. The van der Waals surface area contributed by atoms with Crippen molar-refractivity contribution in [3.05, 3.63) is 99.6 Å². The summed E-state index contributed by atoms with van der Waals surface area (Å²) in [5.41, 5.74) is 3.86. The Kier molecular flexibility index (Phi) is 6.06. The highest BCUT2D eigenvalue weighted by molar-refractivity contribution is 6.04. The second-order valence-electron chi connectivity index (χ2n) is 7.94. The Morgan fingerprint density at radius 3 is 2.27 bits per heavy atom. The first-order chi connectivity index (χ1) is 14.2. The molecule has 1 amide bonds. The minimum Gasteiger partial charge on any atom is -0.322 e. The van der Waals surface area contributed by atoms with Crippen LogP contribution in [-0.4, -0.2) is 17.0 Å². The Hall–Kier alpha value is -3.80. The number of carbonyl (C=O) groups excluding carboxylic acids is 1. The number of benzene rings is 3. The Morgan fingerprint density at radius 2 is 1.67 bits per heavy atom. The van der Waals surface area contributed by atoms with Crippen molar-refractivity contribution in [3.63, 3.8) is 0 Å². The number of rotatable bonds is 5. The molecule has 0 fully saturated rings. The standard InChI is InChI=1S/C24H23N3O3/c1-24(2,3)19-11-9-18(10-12-19)23(28)26-21-6-4-5-20(15-21)25-16-17-7-13-22(14-8-17)27(29)30/h4-16H,1-3H3,(H,26,28). The fourth-order valence-electron chi connectivity index (χ4n) is 2.82. The molecule has 6 nitrogen and oxygen atoms in total. The maximum absolute atomic E-state index is 12.5. The van der Waals surface area contributed by atoms with E-state index in [0.29, 0.717) is 16.9 Å². The van der Waals surface area contributed by atoms with Gasteiger partial charge in [0.15, 0.2) is 0 Å². The minimum absolute atomic E-state index is 0.0328. The fourth-order valence-corrected chi connectivity index (χ4v) is 2.82. The average Bonchev–Trinajstić information content (AvgIpc) is 2.72. The molecular weight excluding hydrogens is 378 g/mol. The van der Waals surface area contributed by atoms with Crippen LogP contribution in [0.15, 0.2) is 77.8 Å². The lowest BCUT2D eigenvalue weighted by Crippen LogP contribution is -2.14. The van der Waals surface area contributed by atoms with Gasteiger partial charge in [0.1, 0.15) is 0 Å². The van der Waals surface area contributed by atoms with Gasteiger partial charge >= 0.3 is 0 Å². The van der Waals surface area contributed by atoms with Crippen LogP contribution in [-0.2, 0) is 5.41 Å². The molecule has 0 radical (unpaired) electrons. The molecule has 152 valence electrons. The molecule has 0 aliphatic carbocycles. The van der Waals surface area contributed by atoms with E-state index in [2.05, 4.69) is 31.1 Å². The van der Waals surface area contributed by atoms with Gasteiger partial charge in [0.25, 0.3) is 11.6 Å². The minimum atomic E-state index is -0.441. The lowest BCUT2D eigenvalue weighted by atomic mass is 9.87. The average molecular weight is 401 g/mol. The van der Waals surface area contributed by atoms with Gasteiger partial charge in [-0.3, -0.25) is 19.9 Å². The molecule has 0 atom stereocenters. The molecule has 3 rings (SSSR count). The van der Waals surface area contributed by atoms with Crippen molar-refractivity contribution >= 4 is 29.2 Å². The van der Waals surface area contributed by atoms with Gasteiger partial charge < -0.3 is 5.32 Å². The third-order valence-electron chi connectivity index (χ3n) is 4.58. The first-order valence-corrected chi connectivity index (χ1v) is 9.53. The van der Waals surface area contributed by atoms with Gasteiger partial charge in [0, 0.05) is 29.6 Å². The zero-order valence-electron chi connectivity index (χ0n) is 17.1. The van der Waals surface area contributed by atoms with Crippen molar-refractivity contribution < 1.29 is 9.72 Å². The van der Waals surface area contributed by atoms with E-state index in [4.69, 9.17) is 0 Å². The van der Waals surface area contributed by atoms with E-state index < -0.39 is 4.92 Å². The number of nitrogens with one attached hydrogen (secondary N) is 1. The van der Waals surface area contributed by atoms with Gasteiger partial charge in [-0.15, -0.1) is 0 Å². The summed E-state index contributed by atoms with van der Waals surface area (Å²) in [6.07, 6.45) is 1.62. The number of carbonyl (C=O) groups is 1. The van der Waals surface area contributed by atoms with E-state index in [1.165, 1.54) is 17.7 Å². The van der Waals surface area contributed by atoms with Gasteiger partial charge in [-0.2, -0.15) is 0 Å².